The van der Waals surface area contributed by atoms with Crippen molar-refractivity contribution in [3.63, 3.8) is 0 Å². The molecule has 1 unspecified atom stereocenters. The fraction of sp³-hybridized carbons (Fsp3) is 0.500. The van der Waals surface area contributed by atoms with E-state index < -0.39 is 0 Å². The molecule has 2 rings (SSSR count). The first-order valence-electron chi connectivity index (χ1n) is 7.45. The van der Waals surface area contributed by atoms with Crippen LogP contribution in [0.4, 0.5) is 0 Å². The average molecular weight is 289 g/mol. The van der Waals surface area contributed by atoms with Crippen LogP contribution in [0.2, 0.25) is 0 Å². The van der Waals surface area contributed by atoms with Crippen LogP contribution in [-0.2, 0) is 22.6 Å². The highest BCUT2D eigenvalue weighted by Crippen LogP contribution is 2.17. The van der Waals surface area contributed by atoms with Gasteiger partial charge in [-0.1, -0.05) is 31.2 Å². The van der Waals surface area contributed by atoms with Crippen molar-refractivity contribution in [2.24, 2.45) is 0 Å². The summed E-state index contributed by atoms with van der Waals surface area (Å²) < 4.78 is 0. The maximum Gasteiger partial charge on any atom is 0.240 e. The Kier molecular flexibility index (Phi) is 5.33. The fourth-order valence-corrected chi connectivity index (χ4v) is 2.64. The molecule has 5 heteroatoms. The van der Waals surface area contributed by atoms with Crippen LogP contribution in [0.5, 0.6) is 0 Å². The third kappa shape index (κ3) is 3.82. The van der Waals surface area contributed by atoms with Gasteiger partial charge in [-0.3, -0.25) is 9.59 Å². The van der Waals surface area contributed by atoms with Gasteiger partial charge in [-0.15, -0.1) is 0 Å². The summed E-state index contributed by atoms with van der Waals surface area (Å²) >= 11 is 0. The van der Waals surface area contributed by atoms with E-state index in [0.29, 0.717) is 19.5 Å². The van der Waals surface area contributed by atoms with Crippen LogP contribution in [0.15, 0.2) is 24.3 Å². The minimum atomic E-state index is -0.240. The first-order valence-corrected chi connectivity index (χ1v) is 7.45. The number of amides is 2. The maximum atomic E-state index is 12.6. The molecule has 0 aromatic heterocycles. The third-order valence-corrected chi connectivity index (χ3v) is 3.80. The second-order valence-corrected chi connectivity index (χ2v) is 5.34. The largest absolute Gasteiger partial charge is 0.358 e. The Balaban J connectivity index is 2.06. The van der Waals surface area contributed by atoms with Crippen molar-refractivity contribution < 1.29 is 9.59 Å². The highest BCUT2D eigenvalue weighted by molar-refractivity contribution is 5.87. The standard InChI is InChI=1S/C16H23N3O2/c1-3-8-19(11-15(20)17-2)16(21)14-9-12-6-4-5-7-13(12)10-18-14/h4-7,14,18H,3,8-11H2,1-2H3,(H,17,20). The van der Waals surface area contributed by atoms with Crippen molar-refractivity contribution in [1.82, 2.24) is 15.5 Å². The second-order valence-electron chi connectivity index (χ2n) is 5.34. The van der Waals surface area contributed by atoms with Gasteiger partial charge in [-0.2, -0.15) is 0 Å². The third-order valence-electron chi connectivity index (χ3n) is 3.80. The first-order chi connectivity index (χ1) is 10.2. The van der Waals surface area contributed by atoms with E-state index in [1.165, 1.54) is 11.1 Å². The zero-order valence-corrected chi connectivity index (χ0v) is 12.7. The van der Waals surface area contributed by atoms with Gasteiger partial charge < -0.3 is 15.5 Å². The maximum absolute atomic E-state index is 12.6. The molecule has 0 radical (unpaired) electrons. The van der Waals surface area contributed by atoms with E-state index in [1.807, 2.05) is 19.1 Å². The van der Waals surface area contributed by atoms with Crippen LogP contribution >= 0.6 is 0 Å². The number of nitrogens with zero attached hydrogens (tertiary/aromatic N) is 1. The first kappa shape index (κ1) is 15.5. The van der Waals surface area contributed by atoms with Crippen molar-refractivity contribution in [3.8, 4) is 0 Å². The van der Waals surface area contributed by atoms with E-state index in [4.69, 9.17) is 0 Å². The lowest BCUT2D eigenvalue weighted by Crippen LogP contribution is -2.51. The molecule has 0 bridgehead atoms. The lowest BCUT2D eigenvalue weighted by molar-refractivity contribution is -0.137. The zero-order valence-electron chi connectivity index (χ0n) is 12.7. The summed E-state index contributed by atoms with van der Waals surface area (Å²) in [6, 6.07) is 7.92. The molecule has 1 aliphatic heterocycles. The monoisotopic (exact) mass is 289 g/mol. The Labute approximate surface area is 125 Å². The van der Waals surface area contributed by atoms with Crippen molar-refractivity contribution in [1.29, 1.82) is 0 Å². The second kappa shape index (κ2) is 7.22. The van der Waals surface area contributed by atoms with Crippen LogP contribution in [-0.4, -0.2) is 42.9 Å². The molecule has 0 aliphatic carbocycles. The lowest BCUT2D eigenvalue weighted by atomic mass is 9.95. The molecule has 21 heavy (non-hydrogen) atoms. The topological polar surface area (TPSA) is 61.4 Å². The summed E-state index contributed by atoms with van der Waals surface area (Å²) in [5.74, 6) is -0.122. The van der Waals surface area contributed by atoms with Crippen LogP contribution in [0.1, 0.15) is 24.5 Å². The molecule has 0 fully saturated rings. The molecule has 0 saturated heterocycles. The Hall–Kier alpha value is -1.88. The van der Waals surface area contributed by atoms with E-state index in [2.05, 4.69) is 22.8 Å². The van der Waals surface area contributed by atoms with Crippen LogP contribution in [0, 0.1) is 0 Å². The number of carbonyl (C=O) groups is 2. The summed E-state index contributed by atoms with van der Waals surface area (Å²) in [5.41, 5.74) is 2.46. The van der Waals surface area contributed by atoms with E-state index in [0.717, 1.165) is 6.42 Å². The SMILES string of the molecule is CCCN(CC(=O)NC)C(=O)C1Cc2ccccc2CN1. The van der Waals surface area contributed by atoms with Crippen molar-refractivity contribution >= 4 is 11.8 Å². The number of fused-ring (bicyclic) bond motifs is 1. The summed E-state index contributed by atoms with van der Waals surface area (Å²) in [4.78, 5) is 25.8. The van der Waals surface area contributed by atoms with Gasteiger partial charge in [-0.25, -0.2) is 0 Å². The summed E-state index contributed by atoms with van der Waals surface area (Å²) in [6.45, 7) is 3.44. The number of rotatable bonds is 5. The fourth-order valence-electron chi connectivity index (χ4n) is 2.64. The summed E-state index contributed by atoms with van der Waals surface area (Å²) in [7, 11) is 1.59. The zero-order chi connectivity index (χ0) is 15.2. The predicted octanol–water partition coefficient (Wildman–Crippen LogP) is 0.686. The molecule has 2 N–H and O–H groups in total. The van der Waals surface area contributed by atoms with E-state index >= 15 is 0 Å². The molecular formula is C16H23N3O2. The molecule has 5 nitrogen and oxygen atoms in total. The lowest BCUT2D eigenvalue weighted by Gasteiger charge is -2.30. The highest BCUT2D eigenvalue weighted by atomic mass is 16.2. The normalized spacial score (nSPS) is 17.0. The molecular weight excluding hydrogens is 266 g/mol. The number of hydrogen-bond donors (Lipinski definition) is 2. The highest BCUT2D eigenvalue weighted by Gasteiger charge is 2.28. The summed E-state index contributed by atoms with van der Waals surface area (Å²) in [6.07, 6.45) is 1.52. The van der Waals surface area contributed by atoms with Crippen molar-refractivity contribution in [2.45, 2.75) is 32.4 Å². The van der Waals surface area contributed by atoms with Gasteiger partial charge in [0.15, 0.2) is 0 Å². The van der Waals surface area contributed by atoms with E-state index in [9.17, 15) is 9.59 Å². The molecule has 1 atom stereocenters. The van der Waals surface area contributed by atoms with E-state index in [1.54, 1.807) is 11.9 Å². The Morgan fingerprint density at radius 2 is 2.05 bits per heavy atom. The van der Waals surface area contributed by atoms with Gasteiger partial charge >= 0.3 is 0 Å². The number of hydrogen-bond acceptors (Lipinski definition) is 3. The van der Waals surface area contributed by atoms with Crippen molar-refractivity contribution in [3.05, 3.63) is 35.4 Å². The molecule has 1 heterocycles. The van der Waals surface area contributed by atoms with Crippen molar-refractivity contribution in [2.75, 3.05) is 20.1 Å². The molecule has 0 saturated carbocycles. The minimum absolute atomic E-state index is 0.00922. The molecule has 1 aromatic rings. The average Bonchev–Trinajstić information content (AvgIpc) is 2.53. The number of likely N-dealkylation sites (N-methyl/N-ethyl adjacent to an activating group) is 1. The molecule has 114 valence electrons. The number of nitrogens with one attached hydrogen (secondary N) is 2. The Morgan fingerprint density at radius 1 is 1.33 bits per heavy atom. The molecule has 2 amide bonds. The predicted molar refractivity (Wildman–Crippen MR) is 81.7 cm³/mol. The summed E-state index contributed by atoms with van der Waals surface area (Å²) in [5, 5.41) is 5.86. The smallest absolute Gasteiger partial charge is 0.240 e. The van der Waals surface area contributed by atoms with Crippen LogP contribution in [0.3, 0.4) is 0 Å². The van der Waals surface area contributed by atoms with Crippen LogP contribution < -0.4 is 10.6 Å². The number of benzene rings is 1. The van der Waals surface area contributed by atoms with Gasteiger partial charge in [0.1, 0.15) is 0 Å². The number of carbonyl (C=O) groups excluding carboxylic acids is 2. The van der Waals surface area contributed by atoms with Gasteiger partial charge in [-0.05, 0) is 24.0 Å². The van der Waals surface area contributed by atoms with E-state index in [-0.39, 0.29) is 24.4 Å². The molecule has 0 spiro atoms. The van der Waals surface area contributed by atoms with Gasteiger partial charge in [0.2, 0.25) is 11.8 Å². The Bertz CT molecular complexity index is 516. The molecule has 1 aliphatic rings. The molecule has 1 aromatic carbocycles. The van der Waals surface area contributed by atoms with Gasteiger partial charge in [0.25, 0.3) is 0 Å². The quantitative estimate of drug-likeness (QED) is 0.838. The Morgan fingerprint density at radius 3 is 2.71 bits per heavy atom. The van der Waals surface area contributed by atoms with Gasteiger partial charge in [0, 0.05) is 20.1 Å². The van der Waals surface area contributed by atoms with Crippen LogP contribution in [0.25, 0.3) is 0 Å². The minimum Gasteiger partial charge on any atom is -0.358 e. The van der Waals surface area contributed by atoms with Gasteiger partial charge in [0.05, 0.1) is 12.6 Å².